The van der Waals surface area contributed by atoms with Crippen molar-refractivity contribution in [2.24, 2.45) is 5.92 Å². The zero-order valence-electron chi connectivity index (χ0n) is 19.3. The van der Waals surface area contributed by atoms with Crippen molar-refractivity contribution in [2.45, 2.75) is 19.4 Å². The van der Waals surface area contributed by atoms with Gasteiger partial charge in [-0.05, 0) is 55.8 Å². The number of amides is 1. The Balaban J connectivity index is 0.000000509. The van der Waals surface area contributed by atoms with E-state index in [1.165, 1.54) is 11.6 Å². The van der Waals surface area contributed by atoms with E-state index in [9.17, 15) is 9.18 Å². The van der Waals surface area contributed by atoms with Crippen molar-refractivity contribution >= 4 is 35.1 Å². The summed E-state index contributed by atoms with van der Waals surface area (Å²) in [5, 5.41) is 15.5. The summed E-state index contributed by atoms with van der Waals surface area (Å²) < 4.78 is 14.0. The molecule has 0 aliphatic carbocycles. The summed E-state index contributed by atoms with van der Waals surface area (Å²) in [7, 11) is 0. The first kappa shape index (κ1) is 26.4. The summed E-state index contributed by atoms with van der Waals surface area (Å²) in [6.07, 6.45) is 1.79. The summed E-state index contributed by atoms with van der Waals surface area (Å²) in [4.78, 5) is 37.6. The lowest BCUT2D eigenvalue weighted by atomic mass is 9.94. The third-order valence-electron chi connectivity index (χ3n) is 6.20. The molecule has 0 saturated carbocycles. The molecule has 1 amide bonds. The van der Waals surface area contributed by atoms with Crippen LogP contribution in [-0.4, -0.2) is 77.1 Å². The average molecular weight is 506 g/mol. The molecule has 188 valence electrons. The summed E-state index contributed by atoms with van der Waals surface area (Å²) in [5.74, 6) is -3.48. The topological polar surface area (TPSA) is 101 Å². The van der Waals surface area contributed by atoms with Crippen LogP contribution < -0.4 is 4.90 Å². The van der Waals surface area contributed by atoms with Gasteiger partial charge in [-0.25, -0.2) is 14.0 Å². The standard InChI is InChI=1S/C23H27ClFN3O.C2H2O4/c24-20-5-3-4-18(16-20)17-26-10-8-19(9-11-26)23(29)28-14-12-27(13-15-28)22-7-2-1-6-21(22)25;3-1(4)2(5)6/h1-7,16,19H,8-15,17H2;(H,3,4)(H,5,6). The van der Waals surface area contributed by atoms with Crippen LogP contribution in [0, 0.1) is 11.7 Å². The minimum absolute atomic E-state index is 0.102. The summed E-state index contributed by atoms with van der Waals surface area (Å²) >= 11 is 6.08. The number of rotatable bonds is 4. The lowest BCUT2D eigenvalue weighted by Gasteiger charge is -2.39. The Morgan fingerprint density at radius 3 is 2.09 bits per heavy atom. The molecule has 10 heteroatoms. The maximum atomic E-state index is 14.0. The van der Waals surface area contributed by atoms with Gasteiger partial charge in [-0.2, -0.15) is 0 Å². The molecule has 4 rings (SSSR count). The highest BCUT2D eigenvalue weighted by Gasteiger charge is 2.30. The molecule has 8 nitrogen and oxygen atoms in total. The molecular weight excluding hydrogens is 477 g/mol. The normalized spacial score (nSPS) is 16.9. The van der Waals surface area contributed by atoms with Crippen molar-refractivity contribution in [3.05, 3.63) is 64.9 Å². The maximum absolute atomic E-state index is 14.0. The summed E-state index contributed by atoms with van der Waals surface area (Å²) in [6.45, 7) is 5.42. The number of carbonyl (C=O) groups excluding carboxylic acids is 1. The number of aliphatic carboxylic acids is 2. The van der Waals surface area contributed by atoms with Gasteiger partial charge in [0.15, 0.2) is 0 Å². The van der Waals surface area contributed by atoms with Crippen LogP contribution in [0.15, 0.2) is 48.5 Å². The first-order valence-electron chi connectivity index (χ1n) is 11.5. The highest BCUT2D eigenvalue weighted by molar-refractivity contribution is 6.30. The maximum Gasteiger partial charge on any atom is 0.414 e. The van der Waals surface area contributed by atoms with Crippen LogP contribution in [0.25, 0.3) is 0 Å². The molecule has 0 spiro atoms. The monoisotopic (exact) mass is 505 g/mol. The van der Waals surface area contributed by atoms with Gasteiger partial charge in [0.2, 0.25) is 5.91 Å². The summed E-state index contributed by atoms with van der Waals surface area (Å²) in [6, 6.07) is 14.8. The second-order valence-electron chi connectivity index (χ2n) is 8.55. The molecule has 2 N–H and O–H groups in total. The van der Waals surface area contributed by atoms with Crippen LogP contribution in [-0.2, 0) is 20.9 Å². The molecule has 2 aliphatic rings. The van der Waals surface area contributed by atoms with Gasteiger partial charge < -0.3 is 20.0 Å². The largest absolute Gasteiger partial charge is 0.473 e. The van der Waals surface area contributed by atoms with Crippen LogP contribution in [0.1, 0.15) is 18.4 Å². The van der Waals surface area contributed by atoms with Crippen molar-refractivity contribution < 1.29 is 29.0 Å². The average Bonchev–Trinajstić information content (AvgIpc) is 2.85. The van der Waals surface area contributed by atoms with E-state index >= 15 is 0 Å². The van der Waals surface area contributed by atoms with Gasteiger partial charge in [-0.3, -0.25) is 9.69 Å². The van der Waals surface area contributed by atoms with Gasteiger partial charge in [-0.1, -0.05) is 35.9 Å². The Kier molecular flexibility index (Phi) is 9.45. The third kappa shape index (κ3) is 7.66. The number of halogens is 2. The van der Waals surface area contributed by atoms with E-state index in [2.05, 4.69) is 11.0 Å². The van der Waals surface area contributed by atoms with Crippen LogP contribution in [0.4, 0.5) is 10.1 Å². The number of carbonyl (C=O) groups is 3. The van der Waals surface area contributed by atoms with Gasteiger partial charge in [0.25, 0.3) is 0 Å². The van der Waals surface area contributed by atoms with Crippen molar-refractivity contribution in [3.63, 3.8) is 0 Å². The van der Waals surface area contributed by atoms with Crippen molar-refractivity contribution in [1.29, 1.82) is 0 Å². The Bertz CT molecular complexity index is 1030. The number of likely N-dealkylation sites (tertiary alicyclic amines) is 1. The lowest BCUT2D eigenvalue weighted by molar-refractivity contribution is -0.159. The van der Waals surface area contributed by atoms with Crippen molar-refractivity contribution in [2.75, 3.05) is 44.2 Å². The highest BCUT2D eigenvalue weighted by Crippen LogP contribution is 2.24. The second kappa shape index (κ2) is 12.5. The van der Waals surface area contributed by atoms with Crippen molar-refractivity contribution in [3.8, 4) is 0 Å². The molecular formula is C25H29ClFN3O5. The Morgan fingerprint density at radius 2 is 1.51 bits per heavy atom. The Labute approximate surface area is 208 Å². The van der Waals surface area contributed by atoms with E-state index in [0.717, 1.165) is 37.5 Å². The zero-order chi connectivity index (χ0) is 25.4. The Morgan fingerprint density at radius 1 is 0.886 bits per heavy atom. The van der Waals surface area contributed by atoms with E-state index < -0.39 is 11.9 Å². The molecule has 0 bridgehead atoms. The molecule has 2 saturated heterocycles. The number of carboxylic acids is 2. The number of piperazine rings is 1. The molecule has 0 atom stereocenters. The van der Waals surface area contributed by atoms with Crippen LogP contribution >= 0.6 is 11.6 Å². The van der Waals surface area contributed by atoms with Crippen molar-refractivity contribution in [1.82, 2.24) is 9.80 Å². The lowest BCUT2D eigenvalue weighted by Crippen LogP contribution is -2.51. The number of para-hydroxylation sites is 1. The Hall–Kier alpha value is -3.17. The minimum atomic E-state index is -1.82. The molecule has 35 heavy (non-hydrogen) atoms. The predicted octanol–water partition coefficient (Wildman–Crippen LogP) is 3.20. The molecule has 0 aromatic heterocycles. The number of carboxylic acid groups (broad SMARTS) is 2. The fourth-order valence-electron chi connectivity index (χ4n) is 4.37. The quantitative estimate of drug-likeness (QED) is 0.615. The van der Waals surface area contributed by atoms with Crippen LogP contribution in [0.3, 0.4) is 0 Å². The van der Waals surface area contributed by atoms with Gasteiger partial charge in [0.1, 0.15) is 5.82 Å². The zero-order valence-corrected chi connectivity index (χ0v) is 20.0. The van der Waals surface area contributed by atoms with Gasteiger partial charge in [0, 0.05) is 43.7 Å². The van der Waals surface area contributed by atoms with E-state index in [1.807, 2.05) is 40.1 Å². The minimum Gasteiger partial charge on any atom is -0.473 e. The molecule has 2 aromatic carbocycles. The number of nitrogens with zero attached hydrogens (tertiary/aromatic N) is 3. The number of hydrogen-bond acceptors (Lipinski definition) is 5. The predicted molar refractivity (Wildman–Crippen MR) is 130 cm³/mol. The smallest absolute Gasteiger partial charge is 0.414 e. The molecule has 0 radical (unpaired) electrons. The number of hydrogen-bond donors (Lipinski definition) is 2. The molecule has 2 heterocycles. The first-order chi connectivity index (χ1) is 16.7. The van der Waals surface area contributed by atoms with Gasteiger partial charge in [-0.15, -0.1) is 0 Å². The fourth-order valence-corrected chi connectivity index (χ4v) is 4.58. The molecule has 2 aliphatic heterocycles. The van der Waals surface area contributed by atoms with E-state index in [0.29, 0.717) is 31.9 Å². The summed E-state index contributed by atoms with van der Waals surface area (Å²) in [5.41, 5.74) is 1.85. The van der Waals surface area contributed by atoms with Crippen LogP contribution in [0.5, 0.6) is 0 Å². The second-order valence-corrected chi connectivity index (χ2v) is 8.99. The first-order valence-corrected chi connectivity index (χ1v) is 11.8. The van der Waals surface area contributed by atoms with E-state index in [4.69, 9.17) is 31.4 Å². The van der Waals surface area contributed by atoms with E-state index in [1.54, 1.807) is 6.07 Å². The molecule has 0 unspecified atom stereocenters. The van der Waals surface area contributed by atoms with E-state index in [-0.39, 0.29) is 17.6 Å². The fraction of sp³-hybridized carbons (Fsp3) is 0.400. The molecule has 2 fully saturated rings. The molecule has 2 aromatic rings. The SMILES string of the molecule is O=C(C1CCN(Cc2cccc(Cl)c2)CC1)N1CCN(c2ccccc2F)CC1.O=C(O)C(=O)O. The van der Waals surface area contributed by atoms with Gasteiger partial charge in [0.05, 0.1) is 5.69 Å². The number of piperidine rings is 1. The highest BCUT2D eigenvalue weighted by atomic mass is 35.5. The van der Waals surface area contributed by atoms with Gasteiger partial charge >= 0.3 is 11.9 Å². The third-order valence-corrected chi connectivity index (χ3v) is 6.43. The number of benzene rings is 2. The van der Waals surface area contributed by atoms with Crippen LogP contribution in [0.2, 0.25) is 5.02 Å². The number of anilines is 1.